The zero-order valence-corrected chi connectivity index (χ0v) is 22.1. The number of nitrogens with one attached hydrogen (secondary N) is 1. The van der Waals surface area contributed by atoms with E-state index in [-0.39, 0.29) is 23.5 Å². The number of aromatic nitrogens is 1. The summed E-state index contributed by atoms with van der Waals surface area (Å²) in [5.41, 5.74) is -0.806. The Balaban J connectivity index is 2.22. The molecule has 2 amide bonds. The molecule has 0 fully saturated rings. The fourth-order valence-electron chi connectivity index (χ4n) is 3.42. The van der Waals surface area contributed by atoms with Gasteiger partial charge in [0.15, 0.2) is 11.5 Å². The third-order valence-corrected chi connectivity index (χ3v) is 5.02. The summed E-state index contributed by atoms with van der Waals surface area (Å²) < 4.78 is 136. The Morgan fingerprint density at radius 1 is 0.791 bits per heavy atom. The van der Waals surface area contributed by atoms with Crippen LogP contribution in [0, 0.1) is 0 Å². The standard InChI is InChI=1S/C23H17B3F9N3O5/c24-22(25,26)43-15-7-11(42-23(33,34)35)2-4-14(15)41-16-6-9(20(27,28)29)5-12(21(30,31)32)17(16)19(40)38-10-1-3-13(18(36)39)37-8-10/h1-8H,24-26H2,(H2,36,39)(H,38,40). The Hall–Kier alpha value is -4.51. The summed E-state index contributed by atoms with van der Waals surface area (Å²) in [7, 11) is 4.32. The van der Waals surface area contributed by atoms with Gasteiger partial charge in [0.2, 0.25) is 0 Å². The number of ether oxygens (including phenoxy) is 3. The van der Waals surface area contributed by atoms with Crippen LogP contribution in [0.2, 0.25) is 0 Å². The second kappa shape index (κ2) is 11.6. The number of carbonyl (C=O) groups excluding carboxylic acids is 2. The van der Waals surface area contributed by atoms with E-state index in [0.29, 0.717) is 12.1 Å². The van der Waals surface area contributed by atoms with Crippen LogP contribution in [0.5, 0.6) is 23.0 Å². The Morgan fingerprint density at radius 2 is 1.44 bits per heavy atom. The molecule has 1 aromatic heterocycles. The quantitative estimate of drug-likeness (QED) is 0.297. The van der Waals surface area contributed by atoms with Gasteiger partial charge in [0.1, 0.15) is 40.7 Å². The molecule has 0 aliphatic rings. The van der Waals surface area contributed by atoms with Gasteiger partial charge in [-0.1, -0.05) is 0 Å². The number of pyridine rings is 1. The number of alkyl halides is 9. The molecule has 0 aliphatic carbocycles. The minimum atomic E-state index is -5.53. The Bertz CT molecular complexity index is 1520. The Kier molecular flexibility index (Phi) is 8.94. The second-order valence-corrected chi connectivity index (χ2v) is 9.62. The Labute approximate surface area is 238 Å². The van der Waals surface area contributed by atoms with Crippen LogP contribution in [0.4, 0.5) is 45.2 Å². The van der Waals surface area contributed by atoms with Crippen molar-refractivity contribution >= 4 is 41.0 Å². The number of carbonyl (C=O) groups is 2. The zero-order valence-electron chi connectivity index (χ0n) is 22.1. The van der Waals surface area contributed by atoms with E-state index in [9.17, 15) is 49.1 Å². The molecule has 1 heterocycles. The first-order valence-corrected chi connectivity index (χ1v) is 11.7. The molecule has 0 spiro atoms. The summed E-state index contributed by atoms with van der Waals surface area (Å²) in [5.74, 6) is -5.92. The van der Waals surface area contributed by atoms with Crippen molar-refractivity contribution in [1.29, 1.82) is 0 Å². The largest absolute Gasteiger partial charge is 0.573 e. The molecule has 8 nitrogen and oxygen atoms in total. The lowest BCUT2D eigenvalue weighted by Gasteiger charge is -2.25. The Morgan fingerprint density at radius 3 is 1.93 bits per heavy atom. The van der Waals surface area contributed by atoms with Crippen molar-refractivity contribution in [2.45, 2.75) is 24.0 Å². The molecule has 0 saturated heterocycles. The van der Waals surface area contributed by atoms with E-state index in [1.54, 1.807) is 0 Å². The smallest absolute Gasteiger partial charge is 0.510 e. The number of anilines is 1. The molecule has 0 aliphatic heterocycles. The molecule has 3 aromatic rings. The van der Waals surface area contributed by atoms with Gasteiger partial charge in [-0.05, 0) is 36.4 Å². The lowest BCUT2D eigenvalue weighted by Crippen LogP contribution is -2.37. The lowest BCUT2D eigenvalue weighted by atomic mass is 9.52. The van der Waals surface area contributed by atoms with Crippen molar-refractivity contribution in [3.8, 4) is 23.0 Å². The summed E-state index contributed by atoms with van der Waals surface area (Å²) in [6.45, 7) is 0. The highest BCUT2D eigenvalue weighted by molar-refractivity contribution is 6.58. The first-order chi connectivity index (χ1) is 19.5. The number of hydrogen-bond donors (Lipinski definition) is 2. The maximum atomic E-state index is 14.1. The maximum absolute atomic E-state index is 14.1. The molecular weight excluding hydrogens is 602 g/mol. The number of halogens is 9. The van der Waals surface area contributed by atoms with E-state index >= 15 is 0 Å². The molecule has 2 aromatic carbocycles. The fourth-order valence-corrected chi connectivity index (χ4v) is 3.42. The van der Waals surface area contributed by atoms with Crippen molar-refractivity contribution in [2.24, 2.45) is 5.73 Å². The summed E-state index contributed by atoms with van der Waals surface area (Å²) in [6, 6.07) is 3.93. The number of rotatable bonds is 8. The fraction of sp³-hybridized carbons (Fsp3) is 0.174. The van der Waals surface area contributed by atoms with E-state index in [2.05, 4.69) is 9.72 Å². The number of nitrogens with zero attached hydrogens (tertiary/aromatic N) is 1. The van der Waals surface area contributed by atoms with Crippen molar-refractivity contribution < 1.29 is 63.3 Å². The number of benzene rings is 2. The van der Waals surface area contributed by atoms with Gasteiger partial charge < -0.3 is 25.3 Å². The summed E-state index contributed by atoms with van der Waals surface area (Å²) in [6.07, 6.45) is -15.2. The van der Waals surface area contributed by atoms with Crippen molar-refractivity contribution in [3.05, 3.63) is 71.0 Å². The third-order valence-electron chi connectivity index (χ3n) is 5.02. The van der Waals surface area contributed by atoms with Crippen molar-refractivity contribution in [1.82, 2.24) is 4.98 Å². The molecule has 3 rings (SSSR count). The highest BCUT2D eigenvalue weighted by atomic mass is 19.4. The highest BCUT2D eigenvalue weighted by Crippen LogP contribution is 2.45. The van der Waals surface area contributed by atoms with Gasteiger partial charge in [0.25, 0.3) is 11.8 Å². The van der Waals surface area contributed by atoms with Gasteiger partial charge in [-0.3, -0.25) is 9.59 Å². The van der Waals surface area contributed by atoms with E-state index in [1.807, 2.05) is 5.32 Å². The highest BCUT2D eigenvalue weighted by Gasteiger charge is 2.42. The van der Waals surface area contributed by atoms with E-state index in [0.717, 1.165) is 24.4 Å². The first-order valence-electron chi connectivity index (χ1n) is 11.7. The second-order valence-electron chi connectivity index (χ2n) is 9.62. The summed E-state index contributed by atoms with van der Waals surface area (Å²) >= 11 is 0. The normalized spacial score (nSPS) is 12.4. The van der Waals surface area contributed by atoms with E-state index < -0.39 is 75.5 Å². The molecule has 20 heteroatoms. The molecular formula is C23H17B3F9N3O5. The van der Waals surface area contributed by atoms with Crippen LogP contribution in [0.25, 0.3) is 0 Å². The molecule has 0 saturated carbocycles. The average Bonchev–Trinajstić information content (AvgIpc) is 2.82. The van der Waals surface area contributed by atoms with Gasteiger partial charge in [-0.2, -0.15) is 26.3 Å². The minimum absolute atomic E-state index is 0.111. The molecule has 43 heavy (non-hydrogen) atoms. The number of hydrogen-bond acceptors (Lipinski definition) is 6. The van der Waals surface area contributed by atoms with Gasteiger partial charge in [-0.25, -0.2) is 4.98 Å². The summed E-state index contributed by atoms with van der Waals surface area (Å²) in [5, 5.41) is 0.855. The van der Waals surface area contributed by atoms with Crippen LogP contribution < -0.4 is 25.3 Å². The average molecular weight is 619 g/mol. The zero-order chi connectivity index (χ0) is 32.5. The minimum Gasteiger partial charge on any atom is -0.510 e. The monoisotopic (exact) mass is 619 g/mol. The van der Waals surface area contributed by atoms with Crippen molar-refractivity contribution in [3.63, 3.8) is 0 Å². The number of amides is 2. The van der Waals surface area contributed by atoms with Gasteiger partial charge in [-0.15, -0.1) is 13.2 Å². The van der Waals surface area contributed by atoms with Crippen LogP contribution in [0.3, 0.4) is 0 Å². The van der Waals surface area contributed by atoms with Gasteiger partial charge in [0, 0.05) is 11.4 Å². The van der Waals surface area contributed by atoms with E-state index in [4.69, 9.17) is 15.2 Å². The SMILES string of the molecule is BC(B)(B)Oc1cc(OC(F)(F)F)ccc1Oc1cc(C(F)(F)F)cc(C(F)(F)F)c1C(=O)Nc1ccc(C(N)=O)nc1. The molecule has 0 atom stereocenters. The third kappa shape index (κ3) is 8.99. The summed E-state index contributed by atoms with van der Waals surface area (Å²) in [4.78, 5) is 28.0. The lowest BCUT2D eigenvalue weighted by molar-refractivity contribution is -0.274. The van der Waals surface area contributed by atoms with Crippen molar-refractivity contribution in [2.75, 3.05) is 5.32 Å². The molecule has 0 unspecified atom stereocenters. The van der Waals surface area contributed by atoms with Crippen LogP contribution in [-0.4, -0.2) is 52.0 Å². The molecule has 0 radical (unpaired) electrons. The van der Waals surface area contributed by atoms with Crippen LogP contribution in [-0.2, 0) is 12.4 Å². The number of primary amides is 1. The predicted octanol–water partition coefficient (Wildman–Crippen LogP) is 3.05. The molecule has 0 bridgehead atoms. The first kappa shape index (κ1) is 33.0. The maximum Gasteiger partial charge on any atom is 0.573 e. The van der Waals surface area contributed by atoms with Crippen LogP contribution in [0.15, 0.2) is 48.7 Å². The predicted molar refractivity (Wildman–Crippen MR) is 139 cm³/mol. The van der Waals surface area contributed by atoms with Crippen LogP contribution in [0.1, 0.15) is 32.0 Å². The topological polar surface area (TPSA) is 113 Å². The van der Waals surface area contributed by atoms with Gasteiger partial charge in [0.05, 0.1) is 28.6 Å². The van der Waals surface area contributed by atoms with E-state index in [1.165, 1.54) is 23.5 Å². The molecule has 226 valence electrons. The van der Waals surface area contributed by atoms with Crippen LogP contribution >= 0.6 is 0 Å². The van der Waals surface area contributed by atoms with Gasteiger partial charge >= 0.3 is 18.7 Å². The number of nitrogens with two attached hydrogens (primary N) is 1. The molecule has 3 N–H and O–H groups in total.